The monoisotopic (exact) mass is 645 g/mol. The van der Waals surface area contributed by atoms with Crippen molar-refractivity contribution in [2.75, 3.05) is 48.1 Å². The van der Waals surface area contributed by atoms with Gasteiger partial charge in [-0.15, -0.1) is 0 Å². The molecule has 1 saturated heterocycles. The molecule has 254 valence electrons. The van der Waals surface area contributed by atoms with Gasteiger partial charge in [0, 0.05) is 83.0 Å². The Labute approximate surface area is 269 Å². The Morgan fingerprint density at radius 1 is 1.00 bits per heavy atom. The summed E-state index contributed by atoms with van der Waals surface area (Å²) in [5.41, 5.74) is -4.79. The van der Waals surface area contributed by atoms with Crippen LogP contribution in [0, 0.1) is 34.5 Å². The minimum Gasteiger partial charge on any atom is -0.455 e. The number of carbonyl (C=O) groups excluding carboxylic acids is 2. The van der Waals surface area contributed by atoms with Crippen LogP contribution in [0.5, 0.6) is 0 Å². The highest BCUT2D eigenvalue weighted by Crippen LogP contribution is 2.80. The number of esters is 2. The van der Waals surface area contributed by atoms with E-state index in [1.54, 1.807) is 51.7 Å². The molecular weight excluding hydrogens is 598 g/mol. The maximum Gasteiger partial charge on any atom is 0.338 e. The Hall–Kier alpha value is -2.16. The second-order valence-electron chi connectivity index (χ2n) is 14.4. The van der Waals surface area contributed by atoms with Crippen LogP contribution in [0.25, 0.3) is 0 Å². The average molecular weight is 646 g/mol. The third kappa shape index (κ3) is 3.62. The molecule has 0 amide bonds. The molecule has 1 aliphatic heterocycles. The molecule has 6 fully saturated rings. The lowest BCUT2D eigenvalue weighted by molar-refractivity contribution is -0.322. The first-order valence-corrected chi connectivity index (χ1v) is 16.3. The summed E-state index contributed by atoms with van der Waals surface area (Å²) < 4.78 is 37.4. The fourth-order valence-corrected chi connectivity index (χ4v) is 12.3. The number of rotatable bonds is 9. The van der Waals surface area contributed by atoms with Gasteiger partial charge in [-0.05, 0) is 31.0 Å². The summed E-state index contributed by atoms with van der Waals surface area (Å²) in [6.07, 6.45) is -5.49. The Balaban J connectivity index is 1.53. The van der Waals surface area contributed by atoms with Crippen LogP contribution >= 0.6 is 0 Å². The largest absolute Gasteiger partial charge is 0.455 e. The van der Waals surface area contributed by atoms with E-state index in [4.69, 9.17) is 28.4 Å². The predicted molar refractivity (Wildman–Crippen MR) is 160 cm³/mol. The van der Waals surface area contributed by atoms with Crippen molar-refractivity contribution in [3.8, 4) is 0 Å². The number of aliphatic hydroxyl groups is 3. The number of fused-ring (bicyclic) bond motifs is 2. The molecule has 0 aromatic heterocycles. The Morgan fingerprint density at radius 2 is 1.72 bits per heavy atom. The third-order valence-corrected chi connectivity index (χ3v) is 13.2. The Morgan fingerprint density at radius 3 is 2.30 bits per heavy atom. The number of ether oxygens (including phenoxy) is 6. The lowest BCUT2D eigenvalue weighted by atomic mass is 9.42. The molecule has 12 nitrogen and oxygen atoms in total. The standard InChI is InChI=1S/C34H47NO11/c1-7-35-15-31(16-41-3)20(37)13-21(42-4)33-19-14-32(40)28(45-30(39)18-11-9-8-10-12-18)22(19)34(46-17(2)36,27(38)29(32)44-6)23(26(33)35)24(43-5)25(31)33/h8-12,19-29,37-38,40H,7,13-16H2,1-6H3/t19-,20-,21-,22-,23+,24+,25-,26+,27+,28-,29+,31+,32-,33-,34-/m1/s1. The molecule has 15 atom stereocenters. The van der Waals surface area contributed by atoms with Gasteiger partial charge in [-0.2, -0.15) is 0 Å². The zero-order valence-corrected chi connectivity index (χ0v) is 27.3. The van der Waals surface area contributed by atoms with Crippen molar-refractivity contribution >= 4 is 11.9 Å². The fraction of sp³-hybridized carbons (Fsp3) is 0.765. The van der Waals surface area contributed by atoms with E-state index in [0.29, 0.717) is 25.1 Å². The molecule has 46 heavy (non-hydrogen) atoms. The van der Waals surface area contributed by atoms with Gasteiger partial charge in [-0.1, -0.05) is 25.1 Å². The number of aliphatic hydroxyl groups excluding tert-OH is 2. The first kappa shape index (κ1) is 32.4. The quantitative estimate of drug-likeness (QED) is 0.323. The molecule has 0 unspecified atom stereocenters. The van der Waals surface area contributed by atoms with Crippen molar-refractivity contribution in [1.29, 1.82) is 0 Å². The van der Waals surface area contributed by atoms with Crippen molar-refractivity contribution in [2.24, 2.45) is 34.5 Å². The van der Waals surface area contributed by atoms with Crippen molar-refractivity contribution in [1.82, 2.24) is 4.90 Å². The van der Waals surface area contributed by atoms with E-state index in [2.05, 4.69) is 4.90 Å². The van der Waals surface area contributed by atoms with Crippen molar-refractivity contribution in [3.05, 3.63) is 35.9 Å². The SMILES string of the molecule is CCN1C[C@]2(COC)[C@H](O)C[C@@H](OC)[C@]34[C@@H]5C[C@@]6(O)[C@H](OC(=O)c7ccccc7)[C@@H]5[C@@](OC(C)=O)([C@@H]([C@H](OC)[C@H]23)[C@H]14)[C@@H](O)[C@@H]6OC. The van der Waals surface area contributed by atoms with E-state index in [-0.39, 0.29) is 25.0 Å². The van der Waals surface area contributed by atoms with E-state index in [1.807, 2.05) is 6.92 Å². The highest BCUT2D eigenvalue weighted by Gasteiger charge is 2.92. The molecular formula is C34H47NO11. The van der Waals surface area contributed by atoms with E-state index in [9.17, 15) is 24.9 Å². The zero-order chi connectivity index (χ0) is 33.0. The summed E-state index contributed by atoms with van der Waals surface area (Å²) in [5, 5.41) is 37.3. The summed E-state index contributed by atoms with van der Waals surface area (Å²) in [7, 11) is 6.27. The van der Waals surface area contributed by atoms with Gasteiger partial charge in [-0.25, -0.2) is 4.79 Å². The summed E-state index contributed by atoms with van der Waals surface area (Å²) in [4.78, 5) is 29.3. The van der Waals surface area contributed by atoms with Crippen LogP contribution in [-0.2, 0) is 33.2 Å². The smallest absolute Gasteiger partial charge is 0.338 e. The lowest BCUT2D eigenvalue weighted by Gasteiger charge is -2.70. The van der Waals surface area contributed by atoms with Gasteiger partial charge in [0.25, 0.3) is 0 Å². The zero-order valence-electron chi connectivity index (χ0n) is 27.3. The second-order valence-corrected chi connectivity index (χ2v) is 14.4. The minimum absolute atomic E-state index is 0.0791. The Kier molecular flexibility index (Phi) is 7.69. The van der Waals surface area contributed by atoms with Gasteiger partial charge in [0.15, 0.2) is 5.60 Å². The van der Waals surface area contributed by atoms with Crippen LogP contribution in [0.3, 0.4) is 0 Å². The average Bonchev–Trinajstić information content (AvgIpc) is 3.41. The van der Waals surface area contributed by atoms with Crippen LogP contribution in [0.1, 0.15) is 37.0 Å². The number of nitrogens with zero attached hydrogens (tertiary/aromatic N) is 1. The van der Waals surface area contributed by atoms with E-state index < -0.39 is 88.3 Å². The number of likely N-dealkylation sites (tertiary alicyclic amines) is 1. The van der Waals surface area contributed by atoms with Crippen molar-refractivity contribution in [2.45, 2.75) is 80.6 Å². The molecule has 1 spiro atoms. The van der Waals surface area contributed by atoms with E-state index in [1.165, 1.54) is 14.0 Å². The molecule has 5 aliphatic carbocycles. The van der Waals surface area contributed by atoms with Gasteiger partial charge in [-0.3, -0.25) is 9.69 Å². The van der Waals surface area contributed by atoms with Gasteiger partial charge in [0.2, 0.25) is 0 Å². The molecule has 1 heterocycles. The third-order valence-electron chi connectivity index (χ3n) is 13.2. The maximum atomic E-state index is 13.8. The summed E-state index contributed by atoms with van der Waals surface area (Å²) in [6, 6.07) is 8.18. The number of hydrogen-bond donors (Lipinski definition) is 3. The van der Waals surface area contributed by atoms with Crippen molar-refractivity contribution in [3.63, 3.8) is 0 Å². The summed E-state index contributed by atoms with van der Waals surface area (Å²) in [6.45, 7) is 4.68. The van der Waals surface area contributed by atoms with Crippen LogP contribution in [0.2, 0.25) is 0 Å². The number of benzene rings is 1. The normalized spacial score (nSPS) is 49.9. The number of piperidine rings is 1. The molecule has 12 heteroatoms. The number of carbonyl (C=O) groups is 2. The maximum absolute atomic E-state index is 13.8. The minimum atomic E-state index is -1.83. The number of methoxy groups -OCH3 is 4. The van der Waals surface area contributed by atoms with Gasteiger partial charge in [0.1, 0.15) is 23.9 Å². The van der Waals surface area contributed by atoms with E-state index >= 15 is 0 Å². The molecule has 3 N–H and O–H groups in total. The van der Waals surface area contributed by atoms with Crippen molar-refractivity contribution < 1.29 is 53.3 Å². The molecule has 0 radical (unpaired) electrons. The van der Waals surface area contributed by atoms with Gasteiger partial charge >= 0.3 is 11.9 Å². The van der Waals surface area contributed by atoms with Crippen LogP contribution in [0.15, 0.2) is 30.3 Å². The van der Waals surface area contributed by atoms with Gasteiger partial charge in [0.05, 0.1) is 30.5 Å². The van der Waals surface area contributed by atoms with Crippen LogP contribution < -0.4 is 0 Å². The van der Waals surface area contributed by atoms with Crippen LogP contribution in [-0.4, -0.2) is 134 Å². The first-order valence-electron chi connectivity index (χ1n) is 16.3. The molecule has 6 aliphatic rings. The highest BCUT2D eigenvalue weighted by molar-refractivity contribution is 5.89. The second kappa shape index (κ2) is 10.9. The lowest BCUT2D eigenvalue weighted by Crippen LogP contribution is -2.81. The van der Waals surface area contributed by atoms with E-state index in [0.717, 1.165) is 0 Å². The van der Waals surface area contributed by atoms with Gasteiger partial charge < -0.3 is 43.7 Å². The fourth-order valence-electron chi connectivity index (χ4n) is 12.3. The highest BCUT2D eigenvalue weighted by atomic mass is 16.6. The summed E-state index contributed by atoms with van der Waals surface area (Å²) in [5.74, 6) is -3.65. The molecule has 5 saturated carbocycles. The number of hydrogen-bond acceptors (Lipinski definition) is 12. The predicted octanol–water partition coefficient (Wildman–Crippen LogP) is 0.648. The summed E-state index contributed by atoms with van der Waals surface area (Å²) >= 11 is 0. The van der Waals surface area contributed by atoms with Crippen LogP contribution in [0.4, 0.5) is 0 Å². The molecule has 7 rings (SSSR count). The molecule has 1 aromatic rings. The molecule has 1 aromatic carbocycles. The molecule has 7 bridgehead atoms. The first-order chi connectivity index (χ1) is 22.0. The Bertz CT molecular complexity index is 1360. The topological polar surface area (TPSA) is 153 Å².